The Bertz CT molecular complexity index is 1560. The number of halogens is 3. The summed E-state index contributed by atoms with van der Waals surface area (Å²) < 4.78 is 40.4. The van der Waals surface area contributed by atoms with Gasteiger partial charge in [-0.1, -0.05) is 24.3 Å². The lowest BCUT2D eigenvalue weighted by molar-refractivity contribution is -0.141. The van der Waals surface area contributed by atoms with Crippen LogP contribution in [0.4, 0.5) is 18.9 Å². The summed E-state index contributed by atoms with van der Waals surface area (Å²) in [5.41, 5.74) is 0.0123. The molecule has 1 atom stereocenters. The standard InChI is InChI=1S/C28H25F3N6O3/c1-18(26(39)35-12-14-36(15-13-35)27(40)19-6-3-2-4-7-19)37-17-20-16-21(10-11-22(20)34-37)32-25(38)23-8-5-9-24(33-23)28(29,30)31/h2-11,16-18H,12-15H2,1H3,(H,32,38). The Labute approximate surface area is 227 Å². The Hall–Kier alpha value is -4.74. The van der Waals surface area contributed by atoms with Crippen LogP contribution in [0.5, 0.6) is 0 Å². The van der Waals surface area contributed by atoms with Gasteiger partial charge in [-0.3, -0.25) is 19.1 Å². The molecule has 12 heteroatoms. The van der Waals surface area contributed by atoms with Crippen molar-refractivity contribution in [3.8, 4) is 0 Å². The summed E-state index contributed by atoms with van der Waals surface area (Å²) in [6, 6.07) is 16.3. The van der Waals surface area contributed by atoms with Gasteiger partial charge in [0.05, 0.1) is 5.52 Å². The highest BCUT2D eigenvalue weighted by Crippen LogP contribution is 2.28. The number of carbonyl (C=O) groups is 3. The van der Waals surface area contributed by atoms with E-state index in [0.717, 1.165) is 12.1 Å². The van der Waals surface area contributed by atoms with Crippen molar-refractivity contribution in [2.75, 3.05) is 31.5 Å². The van der Waals surface area contributed by atoms with Gasteiger partial charge in [-0.25, -0.2) is 4.98 Å². The number of hydrogen-bond donors (Lipinski definition) is 1. The van der Waals surface area contributed by atoms with Crippen molar-refractivity contribution in [1.29, 1.82) is 0 Å². The average Bonchev–Trinajstić information content (AvgIpc) is 3.40. The zero-order chi connectivity index (χ0) is 28.4. The molecule has 1 N–H and O–H groups in total. The number of aromatic nitrogens is 3. The largest absolute Gasteiger partial charge is 0.433 e. The molecule has 0 bridgehead atoms. The first-order valence-corrected chi connectivity index (χ1v) is 12.6. The molecule has 9 nitrogen and oxygen atoms in total. The van der Waals surface area contributed by atoms with Crippen LogP contribution in [0.1, 0.15) is 39.5 Å². The second-order valence-corrected chi connectivity index (χ2v) is 9.40. The number of amides is 3. The van der Waals surface area contributed by atoms with E-state index in [1.807, 2.05) is 18.2 Å². The molecule has 1 aliphatic heterocycles. The van der Waals surface area contributed by atoms with Gasteiger partial charge in [0, 0.05) is 49.0 Å². The SMILES string of the molecule is CC(C(=O)N1CCN(C(=O)c2ccccc2)CC1)n1cc2cc(NC(=O)c3cccc(C(F)(F)F)n3)ccc2n1. The predicted octanol–water partition coefficient (Wildman–Crippen LogP) is 4.25. The average molecular weight is 551 g/mol. The Balaban J connectivity index is 1.23. The van der Waals surface area contributed by atoms with Gasteiger partial charge in [0.1, 0.15) is 17.4 Å². The van der Waals surface area contributed by atoms with Crippen molar-refractivity contribution in [1.82, 2.24) is 24.6 Å². The molecule has 3 amide bonds. The van der Waals surface area contributed by atoms with Crippen molar-refractivity contribution in [3.05, 3.63) is 89.9 Å². The van der Waals surface area contributed by atoms with Crippen molar-refractivity contribution in [3.63, 3.8) is 0 Å². The summed E-state index contributed by atoms with van der Waals surface area (Å²) >= 11 is 0. The van der Waals surface area contributed by atoms with Crippen molar-refractivity contribution in [2.24, 2.45) is 0 Å². The van der Waals surface area contributed by atoms with Crippen LogP contribution in [-0.2, 0) is 11.0 Å². The van der Waals surface area contributed by atoms with Crippen LogP contribution in [0.25, 0.3) is 10.9 Å². The third-order valence-electron chi connectivity index (χ3n) is 6.71. The lowest BCUT2D eigenvalue weighted by Crippen LogP contribution is -2.51. The first-order valence-electron chi connectivity index (χ1n) is 12.6. The highest BCUT2D eigenvalue weighted by molar-refractivity contribution is 6.03. The fourth-order valence-corrected chi connectivity index (χ4v) is 4.51. The van der Waals surface area contributed by atoms with Gasteiger partial charge in [-0.05, 0) is 49.4 Å². The van der Waals surface area contributed by atoms with Crippen molar-refractivity contribution < 1.29 is 27.6 Å². The molecule has 206 valence electrons. The van der Waals surface area contributed by atoms with Crippen LogP contribution in [0.15, 0.2) is 72.9 Å². The van der Waals surface area contributed by atoms with Crippen LogP contribution in [0.2, 0.25) is 0 Å². The topological polar surface area (TPSA) is 100 Å². The van der Waals surface area contributed by atoms with E-state index in [-0.39, 0.29) is 17.5 Å². The van der Waals surface area contributed by atoms with E-state index in [9.17, 15) is 27.6 Å². The molecule has 3 heterocycles. The van der Waals surface area contributed by atoms with Gasteiger partial charge in [0.2, 0.25) is 5.91 Å². The molecule has 1 fully saturated rings. The second kappa shape index (κ2) is 10.8. The lowest BCUT2D eigenvalue weighted by Gasteiger charge is -2.36. The molecule has 0 radical (unpaired) electrons. The van der Waals surface area contributed by atoms with Crippen LogP contribution >= 0.6 is 0 Å². The number of piperazine rings is 1. The van der Waals surface area contributed by atoms with Crippen LogP contribution in [0, 0.1) is 0 Å². The van der Waals surface area contributed by atoms with E-state index in [2.05, 4.69) is 15.4 Å². The van der Waals surface area contributed by atoms with Crippen molar-refractivity contribution >= 4 is 34.3 Å². The molecule has 0 saturated carbocycles. The van der Waals surface area contributed by atoms with Crippen LogP contribution in [0.3, 0.4) is 0 Å². The summed E-state index contributed by atoms with van der Waals surface area (Å²) in [5.74, 6) is -0.985. The fourth-order valence-electron chi connectivity index (χ4n) is 4.51. The minimum absolute atomic E-state index is 0.0641. The molecule has 2 aromatic carbocycles. The van der Waals surface area contributed by atoms with E-state index in [1.54, 1.807) is 53.3 Å². The van der Waals surface area contributed by atoms with Gasteiger partial charge in [-0.2, -0.15) is 18.3 Å². The monoisotopic (exact) mass is 550 g/mol. The van der Waals surface area contributed by atoms with E-state index in [0.29, 0.717) is 48.3 Å². The lowest BCUT2D eigenvalue weighted by atomic mass is 10.1. The van der Waals surface area contributed by atoms with E-state index in [4.69, 9.17) is 0 Å². The third kappa shape index (κ3) is 5.65. The van der Waals surface area contributed by atoms with E-state index >= 15 is 0 Å². The Morgan fingerprint density at radius 2 is 1.60 bits per heavy atom. The molecule has 4 aromatic rings. The molecule has 1 aliphatic rings. The summed E-state index contributed by atoms with van der Waals surface area (Å²) in [6.07, 6.45) is -2.99. The zero-order valence-corrected chi connectivity index (χ0v) is 21.4. The molecule has 1 saturated heterocycles. The summed E-state index contributed by atoms with van der Waals surface area (Å²) in [7, 11) is 0. The van der Waals surface area contributed by atoms with E-state index < -0.39 is 23.8 Å². The number of hydrogen-bond acceptors (Lipinski definition) is 5. The number of fused-ring (bicyclic) bond motifs is 1. The normalized spacial score (nSPS) is 14.7. The molecule has 0 aliphatic carbocycles. The first kappa shape index (κ1) is 26.9. The number of carbonyl (C=O) groups excluding carboxylic acids is 3. The predicted molar refractivity (Wildman–Crippen MR) is 141 cm³/mol. The van der Waals surface area contributed by atoms with Gasteiger partial charge in [0.25, 0.3) is 11.8 Å². The first-order chi connectivity index (χ1) is 19.1. The van der Waals surface area contributed by atoms with Gasteiger partial charge in [0.15, 0.2) is 0 Å². The number of rotatable bonds is 5. The van der Waals surface area contributed by atoms with Crippen LogP contribution in [-0.4, -0.2) is 68.5 Å². The molecule has 40 heavy (non-hydrogen) atoms. The number of pyridine rings is 1. The third-order valence-corrected chi connectivity index (χ3v) is 6.71. The maximum atomic E-state index is 13.2. The maximum absolute atomic E-state index is 13.2. The highest BCUT2D eigenvalue weighted by atomic mass is 19.4. The smallest absolute Gasteiger partial charge is 0.337 e. The summed E-state index contributed by atoms with van der Waals surface area (Å²) in [5, 5.41) is 7.67. The fraction of sp³-hybridized carbons (Fsp3) is 0.250. The molecule has 2 aromatic heterocycles. The molecular weight excluding hydrogens is 525 g/mol. The Morgan fingerprint density at radius 1 is 0.900 bits per heavy atom. The quantitative estimate of drug-likeness (QED) is 0.401. The zero-order valence-electron chi connectivity index (χ0n) is 21.4. The summed E-state index contributed by atoms with van der Waals surface area (Å²) in [6.45, 7) is 3.40. The molecule has 5 rings (SSSR count). The molecular formula is C28H25F3N6O3. The maximum Gasteiger partial charge on any atom is 0.433 e. The van der Waals surface area contributed by atoms with Gasteiger partial charge in [-0.15, -0.1) is 0 Å². The number of alkyl halides is 3. The van der Waals surface area contributed by atoms with Gasteiger partial charge >= 0.3 is 6.18 Å². The Kier molecular flexibility index (Phi) is 7.24. The number of anilines is 1. The summed E-state index contributed by atoms with van der Waals surface area (Å²) in [4.78, 5) is 45.3. The second-order valence-electron chi connectivity index (χ2n) is 9.40. The number of benzene rings is 2. The van der Waals surface area contributed by atoms with Crippen molar-refractivity contribution in [2.45, 2.75) is 19.1 Å². The number of nitrogens with zero attached hydrogens (tertiary/aromatic N) is 5. The highest BCUT2D eigenvalue weighted by Gasteiger charge is 2.33. The van der Waals surface area contributed by atoms with Crippen LogP contribution < -0.4 is 5.32 Å². The number of nitrogens with one attached hydrogen (secondary N) is 1. The molecule has 1 unspecified atom stereocenters. The Morgan fingerprint density at radius 3 is 2.30 bits per heavy atom. The molecule has 0 spiro atoms. The minimum atomic E-state index is -4.66. The minimum Gasteiger partial charge on any atom is -0.337 e. The van der Waals surface area contributed by atoms with Gasteiger partial charge < -0.3 is 15.1 Å². The van der Waals surface area contributed by atoms with E-state index in [1.165, 1.54) is 10.7 Å².